The fourth-order valence-corrected chi connectivity index (χ4v) is 3.83. The third-order valence-electron chi connectivity index (χ3n) is 5.03. The van der Waals surface area contributed by atoms with Crippen molar-refractivity contribution in [3.05, 3.63) is 80.3 Å². The summed E-state index contributed by atoms with van der Waals surface area (Å²) in [5.74, 6) is 1.01. The zero-order valence-electron chi connectivity index (χ0n) is 16.7. The van der Waals surface area contributed by atoms with E-state index < -0.39 is 5.92 Å². The highest BCUT2D eigenvalue weighted by Crippen LogP contribution is 2.44. The highest BCUT2D eigenvalue weighted by molar-refractivity contribution is 6.42. The van der Waals surface area contributed by atoms with E-state index in [0.717, 1.165) is 22.4 Å². The van der Waals surface area contributed by atoms with Gasteiger partial charge in [0.2, 0.25) is 11.8 Å². The van der Waals surface area contributed by atoms with Gasteiger partial charge in [-0.2, -0.15) is 5.26 Å². The summed E-state index contributed by atoms with van der Waals surface area (Å²) in [6, 6.07) is 13.0. The second-order valence-corrected chi connectivity index (χ2v) is 7.75. The maximum atomic E-state index is 9.71. The molecule has 1 aromatic heterocycles. The normalized spacial score (nSPS) is 15.1. The number of hydrogen-bond donors (Lipinski definition) is 2. The number of aryl methyl sites for hydroxylation is 1. The summed E-state index contributed by atoms with van der Waals surface area (Å²) in [6.45, 7) is 2.15. The minimum absolute atomic E-state index is 0.0328. The summed E-state index contributed by atoms with van der Waals surface area (Å²) in [6.07, 6.45) is 0. The van der Waals surface area contributed by atoms with Crippen LogP contribution in [0.3, 0.4) is 0 Å². The number of nitriles is 1. The van der Waals surface area contributed by atoms with E-state index in [2.05, 4.69) is 16.3 Å². The maximum absolute atomic E-state index is 9.71. The van der Waals surface area contributed by atoms with E-state index in [0.29, 0.717) is 33.0 Å². The molecule has 0 bridgehead atoms. The van der Waals surface area contributed by atoms with Gasteiger partial charge in [-0.15, -0.1) is 5.10 Å². The quantitative estimate of drug-likeness (QED) is 0.569. The van der Waals surface area contributed by atoms with Crippen LogP contribution in [0.5, 0.6) is 17.4 Å². The average Bonchev–Trinajstić information content (AvgIpc) is 3.13. The summed E-state index contributed by atoms with van der Waals surface area (Å²) in [5.41, 5.74) is 9.51. The molecule has 0 aliphatic carbocycles. The van der Waals surface area contributed by atoms with Gasteiger partial charge in [-0.3, -0.25) is 5.10 Å². The number of nitrogens with one attached hydrogen (secondary N) is 1. The molecule has 1 atom stereocenters. The van der Waals surface area contributed by atoms with E-state index in [1.54, 1.807) is 25.3 Å². The molecule has 0 saturated carbocycles. The lowest BCUT2D eigenvalue weighted by atomic mass is 9.84. The van der Waals surface area contributed by atoms with E-state index in [-0.39, 0.29) is 12.5 Å². The lowest BCUT2D eigenvalue weighted by Crippen LogP contribution is -2.21. The van der Waals surface area contributed by atoms with Crippen molar-refractivity contribution in [3.63, 3.8) is 0 Å². The van der Waals surface area contributed by atoms with Crippen molar-refractivity contribution < 1.29 is 14.2 Å². The van der Waals surface area contributed by atoms with E-state index in [1.807, 2.05) is 25.1 Å². The Bertz CT molecular complexity index is 1230. The van der Waals surface area contributed by atoms with Crippen LogP contribution >= 0.6 is 23.2 Å². The van der Waals surface area contributed by atoms with E-state index in [4.69, 9.17) is 43.1 Å². The van der Waals surface area contributed by atoms with Crippen LogP contribution in [0.25, 0.3) is 0 Å². The predicted octanol–water partition coefficient (Wildman–Crippen LogP) is 4.83. The Hall–Kier alpha value is -3.34. The standard InChI is InChI=1S/C22H18Cl2N4O3/c1-11-19-20(14(9-25)21(26)31-22(19)28-27-11)13-4-6-17(18(8-13)29-2)30-10-12-3-5-15(23)16(24)7-12/h3-8,20H,10,26H2,1-2H3,(H,27,28)/t20-/m1/s1. The first-order valence-corrected chi connectivity index (χ1v) is 10.1. The van der Waals surface area contributed by atoms with Crippen LogP contribution < -0.4 is 19.9 Å². The number of methoxy groups -OCH3 is 1. The molecule has 0 amide bonds. The first kappa shape index (κ1) is 20.9. The first-order valence-electron chi connectivity index (χ1n) is 9.30. The van der Waals surface area contributed by atoms with Crippen molar-refractivity contribution >= 4 is 23.2 Å². The Kier molecular flexibility index (Phi) is 5.68. The number of halogens is 2. The van der Waals surface area contributed by atoms with Crippen LogP contribution in [0.15, 0.2) is 47.9 Å². The van der Waals surface area contributed by atoms with Gasteiger partial charge in [-0.05, 0) is 42.3 Å². The number of hydrogen-bond acceptors (Lipinski definition) is 6. The number of fused-ring (bicyclic) bond motifs is 1. The lowest BCUT2D eigenvalue weighted by molar-refractivity contribution is 0.284. The zero-order chi connectivity index (χ0) is 22.1. The van der Waals surface area contributed by atoms with Crippen LogP contribution in [0.4, 0.5) is 0 Å². The van der Waals surface area contributed by atoms with Crippen molar-refractivity contribution in [1.82, 2.24) is 10.2 Å². The van der Waals surface area contributed by atoms with Gasteiger partial charge in [0.15, 0.2) is 11.5 Å². The van der Waals surface area contributed by atoms with Crippen LogP contribution in [-0.4, -0.2) is 17.3 Å². The minimum atomic E-state index is -0.439. The number of rotatable bonds is 5. The molecule has 0 fully saturated rings. The minimum Gasteiger partial charge on any atom is -0.493 e. The van der Waals surface area contributed by atoms with Crippen LogP contribution in [0.1, 0.15) is 28.3 Å². The van der Waals surface area contributed by atoms with Gasteiger partial charge in [-0.1, -0.05) is 35.3 Å². The molecular formula is C22H18Cl2N4O3. The molecule has 2 aromatic carbocycles. The van der Waals surface area contributed by atoms with Gasteiger partial charge >= 0.3 is 0 Å². The highest BCUT2D eigenvalue weighted by Gasteiger charge is 2.34. The number of aromatic amines is 1. The van der Waals surface area contributed by atoms with Crippen LogP contribution in [0.2, 0.25) is 10.0 Å². The third kappa shape index (κ3) is 3.88. The van der Waals surface area contributed by atoms with E-state index in [1.165, 1.54) is 0 Å². The lowest BCUT2D eigenvalue weighted by Gasteiger charge is -2.24. The summed E-state index contributed by atoms with van der Waals surface area (Å²) in [7, 11) is 1.55. The second kappa shape index (κ2) is 8.42. The Labute approximate surface area is 188 Å². The zero-order valence-corrected chi connectivity index (χ0v) is 18.2. The summed E-state index contributed by atoms with van der Waals surface area (Å²) >= 11 is 12.0. The molecule has 9 heteroatoms. The van der Waals surface area contributed by atoms with E-state index in [9.17, 15) is 5.26 Å². The number of ether oxygens (including phenoxy) is 3. The molecule has 3 N–H and O–H groups in total. The van der Waals surface area contributed by atoms with Gasteiger partial charge in [0.05, 0.1) is 23.1 Å². The predicted molar refractivity (Wildman–Crippen MR) is 116 cm³/mol. The number of nitrogens with zero attached hydrogens (tertiary/aromatic N) is 2. The number of aromatic nitrogens is 2. The molecule has 158 valence electrons. The second-order valence-electron chi connectivity index (χ2n) is 6.94. The molecule has 4 rings (SSSR count). The van der Waals surface area contributed by atoms with Crippen molar-refractivity contribution in [2.24, 2.45) is 5.73 Å². The monoisotopic (exact) mass is 456 g/mol. The molecule has 7 nitrogen and oxygen atoms in total. The van der Waals surface area contributed by atoms with Crippen molar-refractivity contribution in [3.8, 4) is 23.4 Å². The summed E-state index contributed by atoms with van der Waals surface area (Å²) in [4.78, 5) is 0. The molecule has 0 saturated heterocycles. The Morgan fingerprint density at radius 2 is 2.00 bits per heavy atom. The average molecular weight is 457 g/mol. The number of allylic oxidation sites excluding steroid dienone is 1. The first-order chi connectivity index (χ1) is 14.9. The Morgan fingerprint density at radius 3 is 2.71 bits per heavy atom. The summed E-state index contributed by atoms with van der Waals surface area (Å²) in [5, 5.41) is 17.7. The van der Waals surface area contributed by atoms with Gasteiger partial charge in [0, 0.05) is 11.3 Å². The smallest absolute Gasteiger partial charge is 0.244 e. The van der Waals surface area contributed by atoms with E-state index >= 15 is 0 Å². The van der Waals surface area contributed by atoms with Crippen molar-refractivity contribution in [1.29, 1.82) is 5.26 Å². The molecule has 2 heterocycles. The topological polar surface area (TPSA) is 106 Å². The van der Waals surface area contributed by atoms with Gasteiger partial charge in [0.1, 0.15) is 18.2 Å². The molecule has 0 unspecified atom stereocenters. The Balaban J connectivity index is 1.67. The highest BCUT2D eigenvalue weighted by atomic mass is 35.5. The SMILES string of the molecule is COc1cc([C@@H]2C(C#N)=C(N)Oc3n[nH]c(C)c32)ccc1OCc1ccc(Cl)c(Cl)c1. The number of H-pyrrole nitrogens is 1. The number of nitrogens with two attached hydrogens (primary N) is 1. The van der Waals surface area contributed by atoms with Gasteiger partial charge in [-0.25, -0.2) is 0 Å². The largest absolute Gasteiger partial charge is 0.493 e. The molecule has 1 aliphatic rings. The van der Waals surface area contributed by atoms with Gasteiger partial charge < -0.3 is 19.9 Å². The molecule has 3 aromatic rings. The fraction of sp³-hybridized carbons (Fsp3) is 0.182. The van der Waals surface area contributed by atoms with Gasteiger partial charge in [0.25, 0.3) is 0 Å². The molecule has 0 radical (unpaired) electrons. The number of benzene rings is 2. The summed E-state index contributed by atoms with van der Waals surface area (Å²) < 4.78 is 17.0. The molecule has 31 heavy (non-hydrogen) atoms. The van der Waals surface area contributed by atoms with Crippen LogP contribution in [0, 0.1) is 18.3 Å². The Morgan fingerprint density at radius 1 is 1.19 bits per heavy atom. The molecule has 0 spiro atoms. The van der Waals surface area contributed by atoms with Crippen molar-refractivity contribution in [2.45, 2.75) is 19.4 Å². The maximum Gasteiger partial charge on any atom is 0.244 e. The third-order valence-corrected chi connectivity index (χ3v) is 5.77. The molecule has 1 aliphatic heterocycles. The van der Waals surface area contributed by atoms with Crippen LogP contribution in [-0.2, 0) is 6.61 Å². The fourth-order valence-electron chi connectivity index (χ4n) is 3.51. The van der Waals surface area contributed by atoms with Crippen molar-refractivity contribution in [2.75, 3.05) is 7.11 Å². The molecular weight excluding hydrogens is 439 g/mol.